The molecule has 0 nitrogen and oxygen atoms in total. The molecule has 0 aliphatic heterocycles. The van der Waals surface area contributed by atoms with Crippen LogP contribution < -0.4 is 0 Å². The van der Waals surface area contributed by atoms with Gasteiger partial charge in [-0.15, -0.1) is 0 Å². The number of allylic oxidation sites excluding steroid dienone is 4. The van der Waals surface area contributed by atoms with E-state index in [-0.39, 0.29) is 5.82 Å². The van der Waals surface area contributed by atoms with Crippen LogP contribution in [0.4, 0.5) is 4.39 Å². The minimum Gasteiger partial charge on any atom is -0.207 e. The molecule has 0 spiro atoms. The van der Waals surface area contributed by atoms with Crippen molar-refractivity contribution in [1.82, 2.24) is 0 Å². The highest BCUT2D eigenvalue weighted by Gasteiger charge is 2.11. The zero-order valence-corrected chi connectivity index (χ0v) is 13.6. The minimum absolute atomic E-state index is 0.229. The summed E-state index contributed by atoms with van der Waals surface area (Å²) in [7, 11) is 0. The molecule has 2 rings (SSSR count). The van der Waals surface area contributed by atoms with E-state index >= 15 is 0 Å². The molecule has 0 bridgehead atoms. The minimum atomic E-state index is -0.229. The Balaban J connectivity index is 2.74. The van der Waals surface area contributed by atoms with Crippen molar-refractivity contribution in [3.8, 4) is 11.1 Å². The summed E-state index contributed by atoms with van der Waals surface area (Å²) < 4.78 is 13.2. The molecule has 0 unspecified atom stereocenters. The zero-order chi connectivity index (χ0) is 16.8. The lowest BCUT2D eigenvalue weighted by Gasteiger charge is -2.15. The fourth-order valence-electron chi connectivity index (χ4n) is 2.55. The highest BCUT2D eigenvalue weighted by atomic mass is 19.1. The van der Waals surface area contributed by atoms with Gasteiger partial charge in [-0.1, -0.05) is 61.7 Å². The van der Waals surface area contributed by atoms with Crippen LogP contribution in [-0.4, -0.2) is 0 Å². The molecule has 23 heavy (non-hydrogen) atoms. The molecule has 1 heteroatoms. The van der Waals surface area contributed by atoms with Crippen LogP contribution in [-0.2, 0) is 0 Å². The Labute approximate surface area is 138 Å². The van der Waals surface area contributed by atoms with E-state index in [4.69, 9.17) is 0 Å². The van der Waals surface area contributed by atoms with Crippen LogP contribution in [0.1, 0.15) is 22.3 Å². The van der Waals surface area contributed by atoms with E-state index in [0.717, 1.165) is 22.3 Å². The van der Waals surface area contributed by atoms with Crippen LogP contribution in [0.25, 0.3) is 23.3 Å². The van der Waals surface area contributed by atoms with Gasteiger partial charge >= 0.3 is 0 Å². The Bertz CT molecular complexity index is 775. The maximum absolute atomic E-state index is 13.2. The molecule has 2 aromatic carbocycles. The Kier molecular flexibility index (Phi) is 5.48. The van der Waals surface area contributed by atoms with Crippen molar-refractivity contribution < 1.29 is 4.39 Å². The van der Waals surface area contributed by atoms with Gasteiger partial charge in [0.05, 0.1) is 0 Å². The molecule has 0 N–H and O–H groups in total. The van der Waals surface area contributed by atoms with E-state index in [9.17, 15) is 4.39 Å². The summed E-state index contributed by atoms with van der Waals surface area (Å²) in [6.07, 6.45) is 11.5. The van der Waals surface area contributed by atoms with Gasteiger partial charge < -0.3 is 0 Å². The molecule has 116 valence electrons. The Morgan fingerprint density at radius 2 is 1.48 bits per heavy atom. The van der Waals surface area contributed by atoms with Gasteiger partial charge in [-0.3, -0.25) is 0 Å². The average molecular weight is 304 g/mol. The summed E-state index contributed by atoms with van der Waals surface area (Å²) in [4.78, 5) is 0. The van der Waals surface area contributed by atoms with Gasteiger partial charge in [0.25, 0.3) is 0 Å². The van der Waals surface area contributed by atoms with E-state index in [1.807, 2.05) is 30.4 Å². The highest BCUT2D eigenvalue weighted by molar-refractivity contribution is 5.81. The van der Waals surface area contributed by atoms with Gasteiger partial charge in [-0.05, 0) is 65.4 Å². The Morgan fingerprint density at radius 1 is 0.870 bits per heavy atom. The van der Waals surface area contributed by atoms with Gasteiger partial charge in [0.1, 0.15) is 5.82 Å². The molecule has 0 aromatic heterocycles. The second-order valence-electron chi connectivity index (χ2n) is 5.37. The molecule has 0 amide bonds. The molecule has 2 aromatic rings. The molecule has 0 fully saturated rings. The summed E-state index contributed by atoms with van der Waals surface area (Å²) in [5, 5.41) is 0. The summed E-state index contributed by atoms with van der Waals surface area (Å²) in [5.74, 6) is -0.229. The third-order valence-electron chi connectivity index (χ3n) is 3.96. The molecule has 0 saturated carbocycles. The molecule has 0 saturated heterocycles. The third-order valence-corrected chi connectivity index (χ3v) is 3.96. The molecule has 0 aliphatic carbocycles. The van der Waals surface area contributed by atoms with E-state index in [1.165, 1.54) is 23.3 Å². The van der Waals surface area contributed by atoms with E-state index < -0.39 is 0 Å². The number of hydrogen-bond acceptors (Lipinski definition) is 0. The maximum Gasteiger partial charge on any atom is 0.123 e. The van der Waals surface area contributed by atoms with Crippen LogP contribution in [0.2, 0.25) is 0 Å². The van der Waals surface area contributed by atoms with Crippen molar-refractivity contribution in [3.05, 3.63) is 95.9 Å². The first-order chi connectivity index (χ1) is 11.1. The van der Waals surface area contributed by atoms with Crippen LogP contribution in [0.5, 0.6) is 0 Å². The monoisotopic (exact) mass is 304 g/mol. The lowest BCUT2D eigenvalue weighted by atomic mass is 9.89. The summed E-state index contributed by atoms with van der Waals surface area (Å²) in [6.45, 7) is 11.7. The highest BCUT2D eigenvalue weighted by Crippen LogP contribution is 2.32. The quantitative estimate of drug-likeness (QED) is 0.552. The predicted molar refractivity (Wildman–Crippen MR) is 99.8 cm³/mol. The van der Waals surface area contributed by atoms with Crippen LogP contribution >= 0.6 is 0 Å². The topological polar surface area (TPSA) is 0 Å². The second kappa shape index (κ2) is 7.55. The van der Waals surface area contributed by atoms with Crippen molar-refractivity contribution in [2.24, 2.45) is 0 Å². The molecular weight excluding hydrogens is 283 g/mol. The SMILES string of the molecule is C=C/C=C\c1cc(-c2ccc(F)cc2)c(/C=C\C=C)c(C)c1C. The average Bonchev–Trinajstić information content (AvgIpc) is 2.56. The summed E-state index contributed by atoms with van der Waals surface area (Å²) >= 11 is 0. The summed E-state index contributed by atoms with van der Waals surface area (Å²) in [5.41, 5.74) is 6.76. The first-order valence-corrected chi connectivity index (χ1v) is 7.56. The largest absolute Gasteiger partial charge is 0.207 e. The number of rotatable bonds is 5. The first-order valence-electron chi connectivity index (χ1n) is 7.56. The zero-order valence-electron chi connectivity index (χ0n) is 13.6. The normalized spacial score (nSPS) is 11.3. The molecule has 0 aliphatic rings. The van der Waals surface area contributed by atoms with Crippen LogP contribution in [0, 0.1) is 19.7 Å². The standard InChI is InChI=1S/C22H21F/c1-5-7-9-19-15-22(18-11-13-20(23)14-12-18)21(10-8-6-2)17(4)16(19)3/h5-15H,1-2H2,3-4H3/b9-7-,10-8-. The fourth-order valence-corrected chi connectivity index (χ4v) is 2.55. The molecule has 0 heterocycles. The van der Waals surface area contributed by atoms with Crippen LogP contribution in [0.15, 0.2) is 67.8 Å². The Morgan fingerprint density at radius 3 is 2.09 bits per heavy atom. The van der Waals surface area contributed by atoms with E-state index in [2.05, 4.69) is 39.1 Å². The number of halogens is 1. The molecule has 0 atom stereocenters. The van der Waals surface area contributed by atoms with Crippen molar-refractivity contribution >= 4 is 12.2 Å². The fraction of sp³-hybridized carbons (Fsp3) is 0.0909. The second-order valence-corrected chi connectivity index (χ2v) is 5.37. The smallest absolute Gasteiger partial charge is 0.123 e. The Hall–Kier alpha value is -2.67. The van der Waals surface area contributed by atoms with Crippen molar-refractivity contribution in [3.63, 3.8) is 0 Å². The van der Waals surface area contributed by atoms with E-state index in [1.54, 1.807) is 12.2 Å². The number of benzene rings is 2. The third kappa shape index (κ3) is 3.75. The van der Waals surface area contributed by atoms with Gasteiger partial charge in [-0.25, -0.2) is 4.39 Å². The van der Waals surface area contributed by atoms with E-state index in [0.29, 0.717) is 0 Å². The van der Waals surface area contributed by atoms with Gasteiger partial charge in [0, 0.05) is 0 Å². The van der Waals surface area contributed by atoms with Gasteiger partial charge in [0.15, 0.2) is 0 Å². The van der Waals surface area contributed by atoms with Crippen LogP contribution in [0.3, 0.4) is 0 Å². The van der Waals surface area contributed by atoms with Gasteiger partial charge in [-0.2, -0.15) is 0 Å². The lowest BCUT2D eigenvalue weighted by molar-refractivity contribution is 0.628. The van der Waals surface area contributed by atoms with Gasteiger partial charge in [0.2, 0.25) is 0 Å². The molecular formula is C22H21F. The predicted octanol–water partition coefficient (Wildman–Crippen LogP) is 6.51. The molecule has 0 radical (unpaired) electrons. The van der Waals surface area contributed by atoms with Crippen molar-refractivity contribution in [2.45, 2.75) is 13.8 Å². The van der Waals surface area contributed by atoms with Crippen molar-refractivity contribution in [1.29, 1.82) is 0 Å². The summed E-state index contributed by atoms with van der Waals surface area (Å²) in [6, 6.07) is 8.74. The maximum atomic E-state index is 13.2. The van der Waals surface area contributed by atoms with Crippen molar-refractivity contribution in [2.75, 3.05) is 0 Å². The lowest BCUT2D eigenvalue weighted by Crippen LogP contribution is -1.95. The number of hydrogen-bond donors (Lipinski definition) is 0. The first kappa shape index (κ1) is 16.7.